The zero-order chi connectivity index (χ0) is 13.8. The van der Waals surface area contributed by atoms with E-state index in [9.17, 15) is 13.2 Å². The minimum atomic E-state index is -3.47. The van der Waals surface area contributed by atoms with E-state index in [0.717, 1.165) is 12.8 Å². The van der Waals surface area contributed by atoms with Crippen molar-refractivity contribution in [2.75, 3.05) is 5.75 Å². The Labute approximate surface area is 109 Å². The van der Waals surface area contributed by atoms with Crippen molar-refractivity contribution in [2.24, 2.45) is 11.8 Å². The summed E-state index contributed by atoms with van der Waals surface area (Å²) in [6.07, 6.45) is 4.35. The van der Waals surface area contributed by atoms with Crippen molar-refractivity contribution in [3.8, 4) is 0 Å². The van der Waals surface area contributed by atoms with Gasteiger partial charge in [0, 0.05) is 0 Å². The van der Waals surface area contributed by atoms with Crippen LogP contribution in [0, 0.1) is 11.8 Å². The van der Waals surface area contributed by atoms with Gasteiger partial charge in [0.2, 0.25) is 10.0 Å². The maximum atomic E-state index is 11.8. The zero-order valence-electron chi connectivity index (χ0n) is 11.1. The van der Waals surface area contributed by atoms with Gasteiger partial charge < -0.3 is 5.11 Å². The monoisotopic (exact) mass is 277 g/mol. The van der Waals surface area contributed by atoms with Gasteiger partial charge in [0.1, 0.15) is 6.04 Å². The number of carbonyl (C=O) groups is 1. The zero-order valence-corrected chi connectivity index (χ0v) is 11.9. The molecule has 5 nitrogen and oxygen atoms in total. The van der Waals surface area contributed by atoms with E-state index in [1.54, 1.807) is 0 Å². The minimum absolute atomic E-state index is 0.0412. The number of carboxylic acids is 1. The molecule has 1 rings (SSSR count). The second kappa shape index (κ2) is 6.52. The first-order valence-electron chi connectivity index (χ1n) is 6.53. The lowest BCUT2D eigenvalue weighted by Gasteiger charge is -2.25. The molecule has 0 aromatic rings. The molecule has 1 fully saturated rings. The van der Waals surface area contributed by atoms with Crippen LogP contribution in [-0.4, -0.2) is 31.3 Å². The molecule has 0 saturated heterocycles. The van der Waals surface area contributed by atoms with Gasteiger partial charge in [-0.2, -0.15) is 0 Å². The highest BCUT2D eigenvalue weighted by Crippen LogP contribution is 2.29. The Balaban J connectivity index is 2.46. The van der Waals surface area contributed by atoms with Crippen LogP contribution < -0.4 is 4.72 Å². The number of aliphatic carboxylic acids is 1. The summed E-state index contributed by atoms with van der Waals surface area (Å²) in [6, 6.07) is -1.00. The summed E-state index contributed by atoms with van der Waals surface area (Å²) in [5.41, 5.74) is 0. The van der Waals surface area contributed by atoms with Gasteiger partial charge in [-0.1, -0.05) is 33.1 Å². The Bertz CT molecular complexity index is 374. The topological polar surface area (TPSA) is 83.5 Å². The Morgan fingerprint density at radius 3 is 2.39 bits per heavy atom. The maximum absolute atomic E-state index is 11.8. The lowest BCUT2D eigenvalue weighted by atomic mass is 9.84. The third-order valence-electron chi connectivity index (χ3n) is 3.35. The van der Waals surface area contributed by atoms with Crippen molar-refractivity contribution in [3.05, 3.63) is 0 Å². The highest BCUT2D eigenvalue weighted by molar-refractivity contribution is 7.89. The highest BCUT2D eigenvalue weighted by atomic mass is 32.2. The molecule has 18 heavy (non-hydrogen) atoms. The number of hydrogen-bond acceptors (Lipinski definition) is 3. The molecule has 1 aliphatic carbocycles. The second-order valence-corrected chi connectivity index (χ2v) is 7.42. The molecule has 1 aliphatic rings. The van der Waals surface area contributed by atoms with Crippen molar-refractivity contribution in [1.82, 2.24) is 4.72 Å². The van der Waals surface area contributed by atoms with Gasteiger partial charge >= 0.3 is 5.97 Å². The van der Waals surface area contributed by atoms with Crippen LogP contribution in [0.15, 0.2) is 0 Å². The molecular weight excluding hydrogens is 254 g/mol. The van der Waals surface area contributed by atoms with Crippen LogP contribution in [0.5, 0.6) is 0 Å². The van der Waals surface area contributed by atoms with E-state index in [1.807, 2.05) is 13.8 Å². The molecule has 0 heterocycles. The lowest BCUT2D eigenvalue weighted by Crippen LogP contribution is -2.42. The van der Waals surface area contributed by atoms with Crippen LogP contribution >= 0.6 is 0 Å². The Hall–Kier alpha value is -0.620. The van der Waals surface area contributed by atoms with Gasteiger partial charge in [-0.25, -0.2) is 13.1 Å². The van der Waals surface area contributed by atoms with Gasteiger partial charge in [-0.15, -0.1) is 0 Å². The molecule has 0 amide bonds. The molecule has 106 valence electrons. The first kappa shape index (κ1) is 15.4. The van der Waals surface area contributed by atoms with Crippen molar-refractivity contribution >= 4 is 16.0 Å². The molecule has 1 unspecified atom stereocenters. The summed E-state index contributed by atoms with van der Waals surface area (Å²) in [5.74, 6) is -0.411. The van der Waals surface area contributed by atoms with Crippen molar-refractivity contribution in [2.45, 2.75) is 52.0 Å². The molecule has 0 aromatic heterocycles. The van der Waals surface area contributed by atoms with Crippen molar-refractivity contribution in [1.29, 1.82) is 0 Å². The first-order chi connectivity index (χ1) is 8.30. The number of sulfonamides is 1. The molecule has 1 atom stereocenters. The van der Waals surface area contributed by atoms with E-state index in [4.69, 9.17) is 5.11 Å². The van der Waals surface area contributed by atoms with Crippen LogP contribution in [-0.2, 0) is 14.8 Å². The number of carboxylic acid groups (broad SMARTS) is 1. The Morgan fingerprint density at radius 2 is 2.00 bits per heavy atom. The fourth-order valence-electron chi connectivity index (χ4n) is 2.05. The molecule has 0 spiro atoms. The summed E-state index contributed by atoms with van der Waals surface area (Å²) in [4.78, 5) is 11.0. The number of rotatable bonds is 8. The first-order valence-corrected chi connectivity index (χ1v) is 8.18. The van der Waals surface area contributed by atoms with Gasteiger partial charge in [-0.05, 0) is 24.7 Å². The van der Waals surface area contributed by atoms with Crippen molar-refractivity contribution in [3.63, 3.8) is 0 Å². The van der Waals surface area contributed by atoms with Gasteiger partial charge in [0.25, 0.3) is 0 Å². The second-order valence-electron chi connectivity index (χ2n) is 5.54. The van der Waals surface area contributed by atoms with E-state index in [0.29, 0.717) is 18.8 Å². The van der Waals surface area contributed by atoms with Crippen LogP contribution in [0.4, 0.5) is 0 Å². The molecule has 0 aromatic carbocycles. The summed E-state index contributed by atoms with van der Waals surface area (Å²) in [7, 11) is -3.47. The minimum Gasteiger partial charge on any atom is -0.480 e. The van der Waals surface area contributed by atoms with E-state index in [2.05, 4.69) is 4.72 Å². The third-order valence-corrected chi connectivity index (χ3v) is 4.76. The van der Waals surface area contributed by atoms with Gasteiger partial charge in [0.15, 0.2) is 0 Å². The number of hydrogen-bond donors (Lipinski definition) is 2. The molecule has 0 aliphatic heterocycles. The van der Waals surface area contributed by atoms with Crippen LogP contribution in [0.2, 0.25) is 0 Å². The standard InChI is InChI=1S/C12H23NO4S/c1-9(2)8-11(12(14)15)13-18(16,17)7-6-10-4-3-5-10/h9-11,13H,3-8H2,1-2H3,(H,14,15). The predicted octanol–water partition coefficient (Wildman–Crippen LogP) is 1.60. The Morgan fingerprint density at radius 1 is 1.39 bits per heavy atom. The summed E-state index contributed by atoms with van der Waals surface area (Å²) >= 11 is 0. The predicted molar refractivity (Wildman–Crippen MR) is 69.8 cm³/mol. The molecule has 0 bridgehead atoms. The average molecular weight is 277 g/mol. The molecule has 2 N–H and O–H groups in total. The van der Waals surface area contributed by atoms with Gasteiger partial charge in [0.05, 0.1) is 5.75 Å². The van der Waals surface area contributed by atoms with Crippen LogP contribution in [0.1, 0.15) is 46.0 Å². The highest BCUT2D eigenvalue weighted by Gasteiger charge is 2.26. The normalized spacial score (nSPS) is 18.6. The van der Waals surface area contributed by atoms with E-state index >= 15 is 0 Å². The SMILES string of the molecule is CC(C)CC(NS(=O)(=O)CCC1CCC1)C(=O)O. The quantitative estimate of drug-likeness (QED) is 0.706. The van der Waals surface area contributed by atoms with E-state index < -0.39 is 22.0 Å². The summed E-state index contributed by atoms with van der Waals surface area (Å²) < 4.78 is 25.9. The molecule has 6 heteroatoms. The lowest BCUT2D eigenvalue weighted by molar-refractivity contribution is -0.139. The van der Waals surface area contributed by atoms with Crippen LogP contribution in [0.25, 0.3) is 0 Å². The van der Waals surface area contributed by atoms with Gasteiger partial charge in [-0.3, -0.25) is 4.79 Å². The average Bonchev–Trinajstić information content (AvgIpc) is 2.12. The summed E-state index contributed by atoms with van der Waals surface area (Å²) in [6.45, 7) is 3.75. The maximum Gasteiger partial charge on any atom is 0.321 e. The Kier molecular flexibility index (Phi) is 5.59. The number of nitrogens with one attached hydrogen (secondary N) is 1. The van der Waals surface area contributed by atoms with Crippen molar-refractivity contribution < 1.29 is 18.3 Å². The van der Waals surface area contributed by atoms with Crippen LogP contribution in [0.3, 0.4) is 0 Å². The summed E-state index contributed by atoms with van der Waals surface area (Å²) in [5, 5.41) is 8.99. The molecule has 0 radical (unpaired) electrons. The fourth-order valence-corrected chi connectivity index (χ4v) is 3.44. The molecular formula is C12H23NO4S. The molecule has 1 saturated carbocycles. The fraction of sp³-hybridized carbons (Fsp3) is 0.917. The van der Waals surface area contributed by atoms with E-state index in [-0.39, 0.29) is 11.7 Å². The largest absolute Gasteiger partial charge is 0.480 e. The smallest absolute Gasteiger partial charge is 0.321 e. The third kappa shape index (κ3) is 5.35. The van der Waals surface area contributed by atoms with E-state index in [1.165, 1.54) is 6.42 Å².